The fourth-order valence-electron chi connectivity index (χ4n) is 1.71. The summed E-state index contributed by atoms with van der Waals surface area (Å²) in [5.74, 6) is 0.412. The number of hydrogen-bond donors (Lipinski definition) is 1. The van der Waals surface area contributed by atoms with Crippen LogP contribution in [0.25, 0.3) is 0 Å². The second-order valence-corrected chi connectivity index (χ2v) is 3.81. The van der Waals surface area contributed by atoms with Crippen LogP contribution >= 0.6 is 0 Å². The lowest BCUT2D eigenvalue weighted by Gasteiger charge is -2.01. The lowest BCUT2D eigenvalue weighted by atomic mass is 10.1. The van der Waals surface area contributed by atoms with Crippen molar-refractivity contribution < 1.29 is 4.92 Å². The molecule has 4 heteroatoms. The molecular formula is C10H12N2O2. The average molecular weight is 192 g/mol. The molecular weight excluding hydrogens is 180 g/mol. The van der Waals surface area contributed by atoms with Crippen LogP contribution in [0.15, 0.2) is 18.2 Å². The maximum Gasteiger partial charge on any atom is 0.272 e. The van der Waals surface area contributed by atoms with Crippen molar-refractivity contribution in [1.82, 2.24) is 0 Å². The largest absolute Gasteiger partial charge is 0.327 e. The van der Waals surface area contributed by atoms with Crippen molar-refractivity contribution in [3.63, 3.8) is 0 Å². The molecule has 0 saturated heterocycles. The Morgan fingerprint density at radius 2 is 2.21 bits per heavy atom. The monoisotopic (exact) mass is 192 g/mol. The molecule has 0 heterocycles. The first kappa shape index (κ1) is 9.15. The van der Waals surface area contributed by atoms with Gasteiger partial charge >= 0.3 is 0 Å². The van der Waals surface area contributed by atoms with Crippen LogP contribution in [-0.4, -0.2) is 11.0 Å². The van der Waals surface area contributed by atoms with Gasteiger partial charge in [-0.15, -0.1) is 0 Å². The summed E-state index contributed by atoms with van der Waals surface area (Å²) >= 11 is 0. The Morgan fingerprint density at radius 1 is 1.57 bits per heavy atom. The highest BCUT2D eigenvalue weighted by Gasteiger charge is 2.35. The summed E-state index contributed by atoms with van der Waals surface area (Å²) in [5, 5.41) is 10.6. The zero-order chi connectivity index (χ0) is 10.3. The molecule has 0 amide bonds. The Morgan fingerprint density at radius 3 is 2.64 bits per heavy atom. The van der Waals surface area contributed by atoms with Crippen molar-refractivity contribution in [3.8, 4) is 0 Å². The van der Waals surface area contributed by atoms with Gasteiger partial charge in [-0.1, -0.05) is 6.07 Å². The second kappa shape index (κ2) is 3.06. The lowest BCUT2D eigenvalue weighted by molar-refractivity contribution is -0.385. The van der Waals surface area contributed by atoms with Gasteiger partial charge in [0.05, 0.1) is 4.92 Å². The Hall–Kier alpha value is -1.42. The van der Waals surface area contributed by atoms with E-state index in [-0.39, 0.29) is 16.7 Å². The highest BCUT2D eigenvalue weighted by molar-refractivity contribution is 5.44. The molecule has 2 N–H and O–H groups in total. The molecule has 1 aromatic carbocycles. The van der Waals surface area contributed by atoms with Gasteiger partial charge in [-0.25, -0.2) is 0 Å². The molecule has 74 valence electrons. The normalized spacial score (nSPS) is 24.7. The number of nitrogens with zero attached hydrogens (tertiary/aromatic N) is 1. The SMILES string of the molecule is Cc1cc([C@@H]2C[C@H]2N)ccc1[N+](=O)[O-]. The van der Waals surface area contributed by atoms with Gasteiger partial charge in [0.1, 0.15) is 0 Å². The third-order valence-corrected chi connectivity index (χ3v) is 2.69. The minimum atomic E-state index is -0.355. The van der Waals surface area contributed by atoms with Crippen LogP contribution in [0.2, 0.25) is 0 Å². The zero-order valence-corrected chi connectivity index (χ0v) is 7.93. The molecule has 0 aliphatic heterocycles. The van der Waals surface area contributed by atoms with Crippen molar-refractivity contribution in [1.29, 1.82) is 0 Å². The van der Waals surface area contributed by atoms with E-state index in [1.165, 1.54) is 0 Å². The van der Waals surface area contributed by atoms with Crippen molar-refractivity contribution >= 4 is 5.69 Å². The lowest BCUT2D eigenvalue weighted by Crippen LogP contribution is -2.01. The van der Waals surface area contributed by atoms with E-state index in [2.05, 4.69) is 0 Å². The first-order chi connectivity index (χ1) is 6.59. The van der Waals surface area contributed by atoms with Crippen LogP contribution in [0.3, 0.4) is 0 Å². The standard InChI is InChI=1S/C10H12N2O2/c1-6-4-7(8-5-9(8)11)2-3-10(6)12(13)14/h2-4,8-9H,5,11H2,1H3/t8-,9+/m0/s1. The Labute approximate surface area is 81.9 Å². The van der Waals surface area contributed by atoms with Crippen LogP contribution in [-0.2, 0) is 0 Å². The van der Waals surface area contributed by atoms with Gasteiger partial charge in [-0.3, -0.25) is 10.1 Å². The van der Waals surface area contributed by atoms with Crippen molar-refractivity contribution in [3.05, 3.63) is 39.4 Å². The summed E-state index contributed by atoms with van der Waals surface area (Å²) in [7, 11) is 0. The van der Waals surface area contributed by atoms with Gasteiger partial charge in [0.2, 0.25) is 0 Å². The van der Waals surface area contributed by atoms with E-state index < -0.39 is 0 Å². The molecule has 14 heavy (non-hydrogen) atoms. The van der Waals surface area contributed by atoms with Crippen LogP contribution < -0.4 is 5.73 Å². The maximum atomic E-state index is 10.6. The quantitative estimate of drug-likeness (QED) is 0.573. The molecule has 4 nitrogen and oxygen atoms in total. The molecule has 1 saturated carbocycles. The van der Waals surface area contributed by atoms with E-state index in [9.17, 15) is 10.1 Å². The van der Waals surface area contributed by atoms with Gasteiger partial charge < -0.3 is 5.73 Å². The Kier molecular flexibility index (Phi) is 2.00. The first-order valence-corrected chi connectivity index (χ1v) is 4.60. The maximum absolute atomic E-state index is 10.6. The molecule has 0 spiro atoms. The third-order valence-electron chi connectivity index (χ3n) is 2.69. The van der Waals surface area contributed by atoms with E-state index in [1.54, 1.807) is 13.0 Å². The molecule has 0 radical (unpaired) electrons. The van der Waals surface area contributed by atoms with Gasteiger partial charge in [0.15, 0.2) is 0 Å². The van der Waals surface area contributed by atoms with E-state index in [1.807, 2.05) is 12.1 Å². The van der Waals surface area contributed by atoms with Gasteiger partial charge in [0, 0.05) is 23.6 Å². The number of aryl methyl sites for hydroxylation is 1. The topological polar surface area (TPSA) is 69.2 Å². The molecule has 2 atom stereocenters. The van der Waals surface area contributed by atoms with Crippen LogP contribution in [0.5, 0.6) is 0 Å². The highest BCUT2D eigenvalue weighted by atomic mass is 16.6. The van der Waals surface area contributed by atoms with Gasteiger partial charge in [-0.2, -0.15) is 0 Å². The molecule has 1 aromatic rings. The molecule has 2 rings (SSSR count). The average Bonchev–Trinajstić information content (AvgIpc) is 2.81. The van der Waals surface area contributed by atoms with E-state index in [0.29, 0.717) is 11.5 Å². The second-order valence-electron chi connectivity index (χ2n) is 3.81. The summed E-state index contributed by atoms with van der Waals surface area (Å²) in [5.41, 5.74) is 7.74. The van der Waals surface area contributed by atoms with Crippen LogP contribution in [0.4, 0.5) is 5.69 Å². The fourth-order valence-corrected chi connectivity index (χ4v) is 1.71. The number of benzene rings is 1. The molecule has 1 aliphatic carbocycles. The third kappa shape index (κ3) is 1.48. The molecule has 0 aromatic heterocycles. The van der Waals surface area contributed by atoms with E-state index >= 15 is 0 Å². The number of nitro benzene ring substituents is 1. The smallest absolute Gasteiger partial charge is 0.272 e. The van der Waals surface area contributed by atoms with Gasteiger partial charge in [-0.05, 0) is 25.0 Å². The van der Waals surface area contributed by atoms with E-state index in [4.69, 9.17) is 5.73 Å². The number of nitro groups is 1. The summed E-state index contributed by atoms with van der Waals surface area (Å²) in [6.07, 6.45) is 0.997. The van der Waals surface area contributed by atoms with Crippen LogP contribution in [0, 0.1) is 17.0 Å². The molecule has 1 aliphatic rings. The summed E-state index contributed by atoms with van der Waals surface area (Å²) < 4.78 is 0. The van der Waals surface area contributed by atoms with E-state index in [0.717, 1.165) is 12.0 Å². The predicted molar refractivity (Wildman–Crippen MR) is 53.2 cm³/mol. The number of nitrogens with two attached hydrogens (primary N) is 1. The zero-order valence-electron chi connectivity index (χ0n) is 7.93. The Bertz CT molecular complexity index is 390. The summed E-state index contributed by atoms with van der Waals surface area (Å²) in [4.78, 5) is 10.2. The minimum absolute atomic E-state index is 0.183. The summed E-state index contributed by atoms with van der Waals surface area (Å²) in [6, 6.07) is 5.49. The summed E-state index contributed by atoms with van der Waals surface area (Å²) in [6.45, 7) is 1.76. The van der Waals surface area contributed by atoms with Crippen molar-refractivity contribution in [2.75, 3.05) is 0 Å². The predicted octanol–water partition coefficient (Wildman–Crippen LogP) is 1.72. The molecule has 0 unspecified atom stereocenters. The molecule has 0 bridgehead atoms. The number of rotatable bonds is 2. The van der Waals surface area contributed by atoms with Crippen molar-refractivity contribution in [2.24, 2.45) is 5.73 Å². The first-order valence-electron chi connectivity index (χ1n) is 4.60. The van der Waals surface area contributed by atoms with Crippen molar-refractivity contribution in [2.45, 2.75) is 25.3 Å². The fraction of sp³-hybridized carbons (Fsp3) is 0.400. The van der Waals surface area contributed by atoms with Gasteiger partial charge in [0.25, 0.3) is 5.69 Å². The Balaban J connectivity index is 2.31. The highest BCUT2D eigenvalue weighted by Crippen LogP contribution is 2.40. The van der Waals surface area contributed by atoms with Crippen LogP contribution in [0.1, 0.15) is 23.5 Å². The minimum Gasteiger partial charge on any atom is -0.327 e. The molecule has 1 fully saturated rings. The number of hydrogen-bond acceptors (Lipinski definition) is 3.